The minimum Gasteiger partial charge on any atom is -0.711 e. The van der Waals surface area contributed by atoms with Crippen LogP contribution in [0.25, 0.3) is 0 Å². The summed E-state index contributed by atoms with van der Waals surface area (Å²) in [4.78, 5) is 0. The van der Waals surface area contributed by atoms with E-state index in [9.17, 15) is 5.26 Å². The van der Waals surface area contributed by atoms with Crippen LogP contribution >= 0.6 is 12.0 Å². The molecule has 1 rings (SSSR count). The van der Waals surface area contributed by atoms with Crippen LogP contribution in [-0.2, 0) is 4.33 Å². The Morgan fingerprint density at radius 3 is 2.40 bits per heavy atom. The maximum Gasteiger partial charge on any atom is 0.0303 e. The van der Waals surface area contributed by atoms with Crippen LogP contribution in [0.3, 0.4) is 0 Å². The second-order valence-electron chi connectivity index (χ2n) is 3.05. The molecule has 0 saturated heterocycles. The van der Waals surface area contributed by atoms with E-state index >= 15 is 0 Å². The standard InChI is InChI=1S/C7H14O2S/c1-6-2-4-7(5-3-6)10-9-8/h6-8H,2-5H2,1H3/p-1. The lowest BCUT2D eigenvalue weighted by molar-refractivity contribution is -0.630. The van der Waals surface area contributed by atoms with Gasteiger partial charge in [0.1, 0.15) is 0 Å². The van der Waals surface area contributed by atoms with E-state index in [1.807, 2.05) is 0 Å². The fourth-order valence-corrected chi connectivity index (χ4v) is 1.96. The lowest BCUT2D eigenvalue weighted by atomic mass is 9.91. The molecular formula is C7H13O2S-. The van der Waals surface area contributed by atoms with Gasteiger partial charge in [-0.15, -0.1) is 0 Å². The first-order chi connectivity index (χ1) is 4.83. The highest BCUT2D eigenvalue weighted by Crippen LogP contribution is 2.30. The minimum absolute atomic E-state index is 0.466. The summed E-state index contributed by atoms with van der Waals surface area (Å²) in [6, 6.07) is 0. The summed E-state index contributed by atoms with van der Waals surface area (Å²) in [6.45, 7) is 2.26. The molecule has 0 spiro atoms. The molecule has 0 heterocycles. The van der Waals surface area contributed by atoms with Crippen molar-refractivity contribution in [3.8, 4) is 0 Å². The Morgan fingerprint density at radius 2 is 1.90 bits per heavy atom. The highest BCUT2D eigenvalue weighted by molar-refractivity contribution is 7.95. The molecule has 0 atom stereocenters. The molecule has 0 bridgehead atoms. The summed E-state index contributed by atoms with van der Waals surface area (Å²) in [5.74, 6) is 0.850. The number of hydrogen-bond acceptors (Lipinski definition) is 3. The van der Waals surface area contributed by atoms with Crippen molar-refractivity contribution >= 4 is 12.0 Å². The summed E-state index contributed by atoms with van der Waals surface area (Å²) in [5.41, 5.74) is 0. The van der Waals surface area contributed by atoms with Gasteiger partial charge in [-0.25, -0.2) is 0 Å². The van der Waals surface area contributed by atoms with Crippen molar-refractivity contribution in [1.29, 1.82) is 0 Å². The van der Waals surface area contributed by atoms with Gasteiger partial charge in [-0.3, -0.25) is 0 Å². The molecule has 2 nitrogen and oxygen atoms in total. The van der Waals surface area contributed by atoms with Crippen molar-refractivity contribution in [2.45, 2.75) is 37.9 Å². The van der Waals surface area contributed by atoms with Crippen molar-refractivity contribution in [3.05, 3.63) is 0 Å². The molecule has 1 saturated carbocycles. The summed E-state index contributed by atoms with van der Waals surface area (Å²) >= 11 is 1.10. The van der Waals surface area contributed by atoms with E-state index in [-0.39, 0.29) is 0 Å². The molecule has 0 aromatic carbocycles. The van der Waals surface area contributed by atoms with E-state index in [1.165, 1.54) is 12.8 Å². The van der Waals surface area contributed by atoms with Crippen LogP contribution in [0, 0.1) is 5.92 Å². The molecule has 1 aliphatic rings. The van der Waals surface area contributed by atoms with Gasteiger partial charge >= 0.3 is 0 Å². The van der Waals surface area contributed by atoms with E-state index in [0.29, 0.717) is 5.25 Å². The number of hydrogen-bond donors (Lipinski definition) is 0. The zero-order valence-electron chi connectivity index (χ0n) is 6.21. The summed E-state index contributed by atoms with van der Waals surface area (Å²) in [5, 5.41) is 10.2. The van der Waals surface area contributed by atoms with Gasteiger partial charge in [-0.1, -0.05) is 6.92 Å². The molecule has 0 aliphatic heterocycles. The third-order valence-corrected chi connectivity index (χ3v) is 2.96. The second-order valence-corrected chi connectivity index (χ2v) is 4.04. The van der Waals surface area contributed by atoms with E-state index in [4.69, 9.17) is 0 Å². The molecule has 0 N–H and O–H groups in total. The highest BCUT2D eigenvalue weighted by Gasteiger charge is 2.17. The Bertz CT molecular complexity index is 89.6. The van der Waals surface area contributed by atoms with Crippen LogP contribution in [0.2, 0.25) is 0 Å². The molecule has 0 aromatic heterocycles. The minimum atomic E-state index is 0.466. The van der Waals surface area contributed by atoms with Crippen LogP contribution in [0.5, 0.6) is 0 Å². The SMILES string of the molecule is CC1CCC(SO[O-])CC1. The summed E-state index contributed by atoms with van der Waals surface area (Å²) in [7, 11) is 0. The first-order valence-electron chi connectivity index (χ1n) is 3.78. The van der Waals surface area contributed by atoms with Gasteiger partial charge in [0.25, 0.3) is 0 Å². The van der Waals surface area contributed by atoms with Crippen molar-refractivity contribution in [2.75, 3.05) is 0 Å². The number of rotatable bonds is 2. The first kappa shape index (κ1) is 8.37. The third-order valence-electron chi connectivity index (χ3n) is 2.14. The Balaban J connectivity index is 2.13. The molecule has 3 heteroatoms. The van der Waals surface area contributed by atoms with Gasteiger partial charge in [-0.2, -0.15) is 0 Å². The maximum absolute atomic E-state index is 9.74. The van der Waals surface area contributed by atoms with Crippen LogP contribution in [0.4, 0.5) is 0 Å². The predicted molar refractivity (Wildman–Crippen MR) is 40.1 cm³/mol. The Morgan fingerprint density at radius 1 is 1.30 bits per heavy atom. The molecule has 0 unspecified atom stereocenters. The van der Waals surface area contributed by atoms with Crippen LogP contribution in [0.1, 0.15) is 32.6 Å². The average molecular weight is 161 g/mol. The average Bonchev–Trinajstić information content (AvgIpc) is 1.95. The van der Waals surface area contributed by atoms with Gasteiger partial charge < -0.3 is 9.59 Å². The van der Waals surface area contributed by atoms with E-state index in [1.54, 1.807) is 0 Å². The van der Waals surface area contributed by atoms with Crippen molar-refractivity contribution in [3.63, 3.8) is 0 Å². The van der Waals surface area contributed by atoms with Gasteiger partial charge in [-0.05, 0) is 43.6 Å². The molecular weight excluding hydrogens is 148 g/mol. The Kier molecular flexibility index (Phi) is 3.52. The summed E-state index contributed by atoms with van der Waals surface area (Å²) < 4.78 is 3.78. The smallest absolute Gasteiger partial charge is 0.0303 e. The first-order valence-corrected chi connectivity index (χ1v) is 4.58. The highest BCUT2D eigenvalue weighted by atomic mass is 32.2. The molecule has 0 aromatic rings. The monoisotopic (exact) mass is 161 g/mol. The second kappa shape index (κ2) is 4.21. The van der Waals surface area contributed by atoms with Crippen molar-refractivity contribution in [2.24, 2.45) is 5.92 Å². The molecule has 10 heavy (non-hydrogen) atoms. The van der Waals surface area contributed by atoms with E-state index < -0.39 is 0 Å². The third kappa shape index (κ3) is 2.48. The molecule has 0 radical (unpaired) electrons. The maximum atomic E-state index is 9.74. The van der Waals surface area contributed by atoms with Crippen LogP contribution < -0.4 is 5.26 Å². The molecule has 1 fully saturated rings. The van der Waals surface area contributed by atoms with Crippen LogP contribution in [0.15, 0.2) is 0 Å². The van der Waals surface area contributed by atoms with Gasteiger partial charge in [0.2, 0.25) is 0 Å². The van der Waals surface area contributed by atoms with Crippen molar-refractivity contribution in [1.82, 2.24) is 0 Å². The normalized spacial score (nSPS) is 34.2. The molecule has 0 amide bonds. The topological polar surface area (TPSA) is 32.3 Å². The zero-order chi connectivity index (χ0) is 7.40. The predicted octanol–water partition coefficient (Wildman–Crippen LogP) is 1.51. The van der Waals surface area contributed by atoms with E-state index in [0.717, 1.165) is 30.8 Å². The largest absolute Gasteiger partial charge is 0.711 e. The quantitative estimate of drug-likeness (QED) is 0.349. The lowest BCUT2D eigenvalue weighted by Gasteiger charge is -2.25. The van der Waals surface area contributed by atoms with Crippen LogP contribution in [-0.4, -0.2) is 5.25 Å². The van der Waals surface area contributed by atoms with Crippen molar-refractivity contribution < 1.29 is 9.59 Å². The Hall–Kier alpha value is 0.270. The van der Waals surface area contributed by atoms with Gasteiger partial charge in [0, 0.05) is 5.25 Å². The molecule has 60 valence electrons. The summed E-state index contributed by atoms with van der Waals surface area (Å²) in [6.07, 6.45) is 4.80. The Labute approximate surface area is 66.1 Å². The fraction of sp³-hybridized carbons (Fsp3) is 1.00. The fourth-order valence-electron chi connectivity index (χ4n) is 1.38. The lowest BCUT2D eigenvalue weighted by Crippen LogP contribution is -2.15. The van der Waals surface area contributed by atoms with Gasteiger partial charge in [0.15, 0.2) is 0 Å². The molecule has 1 aliphatic carbocycles. The zero-order valence-corrected chi connectivity index (χ0v) is 7.02. The van der Waals surface area contributed by atoms with E-state index in [2.05, 4.69) is 11.3 Å². The van der Waals surface area contributed by atoms with Gasteiger partial charge in [0.05, 0.1) is 0 Å².